The highest BCUT2D eigenvalue weighted by atomic mass is 79.9. The Morgan fingerprint density at radius 3 is 2.90 bits per heavy atom. The van der Waals surface area contributed by atoms with Gasteiger partial charge in [-0.1, -0.05) is 6.92 Å². The van der Waals surface area contributed by atoms with Crippen LogP contribution in [0.3, 0.4) is 0 Å². The van der Waals surface area contributed by atoms with Gasteiger partial charge in [0.1, 0.15) is 0 Å². The molecule has 0 bridgehead atoms. The van der Waals surface area contributed by atoms with Crippen LogP contribution in [0, 0.1) is 12.8 Å². The quantitative estimate of drug-likeness (QED) is 0.753. The van der Waals surface area contributed by atoms with Gasteiger partial charge in [0.15, 0.2) is 0 Å². The fourth-order valence-electron chi connectivity index (χ4n) is 2.72. The molecule has 4 nitrogen and oxygen atoms in total. The van der Waals surface area contributed by atoms with Crippen LogP contribution in [-0.4, -0.2) is 38.9 Å². The molecule has 0 aromatic carbocycles. The topological polar surface area (TPSA) is 49.4 Å². The maximum absolute atomic E-state index is 12.8. The zero-order valence-corrected chi connectivity index (χ0v) is 15.8. The Bertz CT molecular complexity index is 572. The van der Waals surface area contributed by atoms with Crippen molar-refractivity contribution in [2.75, 3.05) is 26.2 Å². The van der Waals surface area contributed by atoms with E-state index in [1.165, 1.54) is 11.3 Å². The van der Waals surface area contributed by atoms with Crippen LogP contribution in [0.2, 0.25) is 0 Å². The number of hydrogen-bond acceptors (Lipinski definition) is 4. The Labute approximate surface area is 140 Å². The summed E-state index contributed by atoms with van der Waals surface area (Å²) in [6.45, 7) is 7.19. The Hall–Kier alpha value is 0.0500. The largest absolute Gasteiger partial charge is 0.316 e. The molecule has 0 saturated carbocycles. The van der Waals surface area contributed by atoms with Gasteiger partial charge < -0.3 is 5.32 Å². The van der Waals surface area contributed by atoms with Gasteiger partial charge in [-0.25, -0.2) is 8.42 Å². The third-order valence-electron chi connectivity index (χ3n) is 3.80. The van der Waals surface area contributed by atoms with Gasteiger partial charge in [-0.2, -0.15) is 4.31 Å². The molecule has 0 spiro atoms. The van der Waals surface area contributed by atoms with Crippen LogP contribution in [0.25, 0.3) is 0 Å². The molecule has 1 saturated heterocycles. The molecule has 1 aliphatic rings. The van der Waals surface area contributed by atoms with Gasteiger partial charge in [-0.3, -0.25) is 0 Å². The Morgan fingerprint density at radius 1 is 1.52 bits per heavy atom. The zero-order valence-electron chi connectivity index (χ0n) is 12.6. The van der Waals surface area contributed by atoms with Crippen molar-refractivity contribution < 1.29 is 8.42 Å². The molecule has 21 heavy (non-hydrogen) atoms. The van der Waals surface area contributed by atoms with E-state index in [9.17, 15) is 8.42 Å². The van der Waals surface area contributed by atoms with E-state index < -0.39 is 10.0 Å². The van der Waals surface area contributed by atoms with Crippen molar-refractivity contribution >= 4 is 37.3 Å². The van der Waals surface area contributed by atoms with Crippen molar-refractivity contribution in [1.82, 2.24) is 9.62 Å². The number of aryl methyl sites for hydroxylation is 1. The Kier molecular flexibility index (Phi) is 6.25. The second-order valence-electron chi connectivity index (χ2n) is 5.55. The highest BCUT2D eigenvalue weighted by molar-refractivity contribution is 9.11. The standard InChI is InChI=1S/C14H23BrN2O2S2/c1-3-6-16-9-12-5-4-7-17(10-12)21(18,19)13-8-14(15)20-11(13)2/h8,12,16H,3-7,9-10H2,1-2H3. The molecule has 0 radical (unpaired) electrons. The molecule has 0 amide bonds. The number of hydrogen-bond donors (Lipinski definition) is 1. The van der Waals surface area contributed by atoms with E-state index in [4.69, 9.17) is 0 Å². The number of piperidine rings is 1. The fourth-order valence-corrected chi connectivity index (χ4v) is 6.66. The second-order valence-corrected chi connectivity index (χ2v) is 10.1. The summed E-state index contributed by atoms with van der Waals surface area (Å²) >= 11 is 4.86. The smallest absolute Gasteiger partial charge is 0.244 e. The predicted octanol–water partition coefficient (Wildman–Crippen LogP) is 3.22. The summed E-state index contributed by atoms with van der Waals surface area (Å²) in [6.07, 6.45) is 3.16. The summed E-state index contributed by atoms with van der Waals surface area (Å²) in [4.78, 5) is 1.31. The van der Waals surface area contributed by atoms with Crippen LogP contribution < -0.4 is 5.32 Å². The van der Waals surface area contributed by atoms with Crippen LogP contribution >= 0.6 is 27.3 Å². The number of sulfonamides is 1. The van der Waals surface area contributed by atoms with E-state index in [-0.39, 0.29) is 0 Å². The third kappa shape index (κ3) is 4.28. The molecule has 1 atom stereocenters. The minimum atomic E-state index is -3.35. The molecule has 1 aromatic rings. The van der Waals surface area contributed by atoms with Gasteiger partial charge in [-0.15, -0.1) is 11.3 Å². The van der Waals surface area contributed by atoms with Crippen LogP contribution in [0.4, 0.5) is 0 Å². The zero-order chi connectivity index (χ0) is 15.5. The maximum Gasteiger partial charge on any atom is 0.244 e. The molecule has 120 valence electrons. The van der Waals surface area contributed by atoms with Crippen LogP contribution in [-0.2, 0) is 10.0 Å². The van der Waals surface area contributed by atoms with Crippen LogP contribution in [0.1, 0.15) is 31.1 Å². The molecule has 0 aliphatic carbocycles. The van der Waals surface area contributed by atoms with E-state index in [0.29, 0.717) is 23.9 Å². The van der Waals surface area contributed by atoms with Gasteiger partial charge in [0.05, 0.1) is 8.68 Å². The van der Waals surface area contributed by atoms with Crippen LogP contribution in [0.15, 0.2) is 14.7 Å². The number of nitrogens with one attached hydrogen (secondary N) is 1. The number of rotatable bonds is 6. The first-order valence-corrected chi connectivity index (χ1v) is 10.5. The number of halogens is 1. The van der Waals surface area contributed by atoms with Crippen molar-refractivity contribution in [3.05, 3.63) is 14.7 Å². The monoisotopic (exact) mass is 394 g/mol. The van der Waals surface area contributed by atoms with Gasteiger partial charge in [0.2, 0.25) is 10.0 Å². The average Bonchev–Trinajstić information content (AvgIpc) is 2.79. The average molecular weight is 395 g/mol. The van der Waals surface area contributed by atoms with Crippen molar-refractivity contribution in [2.45, 2.75) is 38.0 Å². The lowest BCUT2D eigenvalue weighted by Gasteiger charge is -2.32. The molecule has 1 aliphatic heterocycles. The Balaban J connectivity index is 2.07. The highest BCUT2D eigenvalue weighted by Gasteiger charge is 2.31. The minimum Gasteiger partial charge on any atom is -0.316 e. The first-order valence-electron chi connectivity index (χ1n) is 7.42. The van der Waals surface area contributed by atoms with Crippen molar-refractivity contribution in [1.29, 1.82) is 0 Å². The molecule has 1 unspecified atom stereocenters. The lowest BCUT2D eigenvalue weighted by Crippen LogP contribution is -2.42. The molecule has 2 heterocycles. The highest BCUT2D eigenvalue weighted by Crippen LogP contribution is 2.33. The lowest BCUT2D eigenvalue weighted by molar-refractivity contribution is 0.260. The lowest BCUT2D eigenvalue weighted by atomic mass is 10.00. The summed E-state index contributed by atoms with van der Waals surface area (Å²) in [5.74, 6) is 0.419. The summed E-state index contributed by atoms with van der Waals surface area (Å²) in [5, 5.41) is 3.41. The van der Waals surface area contributed by atoms with Crippen molar-refractivity contribution in [3.8, 4) is 0 Å². The number of thiophene rings is 1. The molecule has 2 rings (SSSR count). The summed E-state index contributed by atoms with van der Waals surface area (Å²) in [6, 6.07) is 1.73. The number of nitrogens with zero attached hydrogens (tertiary/aromatic N) is 1. The van der Waals surface area contributed by atoms with Crippen LogP contribution in [0.5, 0.6) is 0 Å². The summed E-state index contributed by atoms with van der Waals surface area (Å²) in [7, 11) is -3.35. The summed E-state index contributed by atoms with van der Waals surface area (Å²) < 4.78 is 28.1. The molecular formula is C14H23BrN2O2S2. The SMILES string of the molecule is CCCNCC1CCCN(S(=O)(=O)c2cc(Br)sc2C)C1. The molecule has 1 fully saturated rings. The molecule has 1 N–H and O–H groups in total. The van der Waals surface area contributed by atoms with E-state index in [1.807, 2.05) is 6.92 Å². The Morgan fingerprint density at radius 2 is 2.29 bits per heavy atom. The maximum atomic E-state index is 12.8. The van der Waals surface area contributed by atoms with Gasteiger partial charge in [0, 0.05) is 18.0 Å². The minimum absolute atomic E-state index is 0.419. The van der Waals surface area contributed by atoms with E-state index in [0.717, 1.165) is 41.0 Å². The van der Waals surface area contributed by atoms with Crippen molar-refractivity contribution in [3.63, 3.8) is 0 Å². The van der Waals surface area contributed by atoms with E-state index >= 15 is 0 Å². The fraction of sp³-hybridized carbons (Fsp3) is 0.714. The molecule has 1 aromatic heterocycles. The van der Waals surface area contributed by atoms with Gasteiger partial charge >= 0.3 is 0 Å². The predicted molar refractivity (Wildman–Crippen MR) is 91.4 cm³/mol. The van der Waals surface area contributed by atoms with Gasteiger partial charge in [0.25, 0.3) is 0 Å². The normalized spacial score (nSPS) is 20.8. The van der Waals surface area contributed by atoms with E-state index in [2.05, 4.69) is 28.2 Å². The van der Waals surface area contributed by atoms with Gasteiger partial charge in [-0.05, 0) is 67.2 Å². The second kappa shape index (κ2) is 7.55. The third-order valence-corrected chi connectivity index (χ3v) is 7.48. The molecular weight excluding hydrogens is 372 g/mol. The van der Waals surface area contributed by atoms with E-state index in [1.54, 1.807) is 10.4 Å². The molecule has 7 heteroatoms. The van der Waals surface area contributed by atoms with Crippen molar-refractivity contribution in [2.24, 2.45) is 5.92 Å². The summed E-state index contributed by atoms with van der Waals surface area (Å²) in [5.41, 5.74) is 0. The first kappa shape index (κ1) is 17.4. The first-order chi connectivity index (χ1) is 9.95.